The molecule has 7 nitrogen and oxygen atoms in total. The Hall–Kier alpha value is -0.870. The van der Waals surface area contributed by atoms with Crippen LogP contribution in [0, 0.1) is 19.8 Å². The van der Waals surface area contributed by atoms with Crippen LogP contribution >= 0.6 is 24.0 Å². The van der Waals surface area contributed by atoms with Crippen LogP contribution in [0.4, 0.5) is 0 Å². The van der Waals surface area contributed by atoms with Crippen LogP contribution in [0.1, 0.15) is 51.1 Å². The van der Waals surface area contributed by atoms with Gasteiger partial charge in [0, 0.05) is 38.1 Å². The fourth-order valence-corrected chi connectivity index (χ4v) is 3.01. The molecule has 8 heteroatoms. The van der Waals surface area contributed by atoms with E-state index in [-0.39, 0.29) is 30.1 Å². The number of hydrogen-bond acceptors (Lipinski definition) is 4. The molecule has 0 radical (unpaired) electrons. The molecule has 1 unspecified atom stereocenters. The molecule has 0 aliphatic carbocycles. The van der Waals surface area contributed by atoms with Gasteiger partial charge in [0.05, 0.1) is 31.5 Å². The van der Waals surface area contributed by atoms with Crippen molar-refractivity contribution in [2.75, 3.05) is 33.4 Å². The molecule has 2 N–H and O–H groups in total. The van der Waals surface area contributed by atoms with E-state index in [9.17, 15) is 0 Å². The van der Waals surface area contributed by atoms with Crippen LogP contribution in [-0.2, 0) is 22.6 Å². The number of nitrogens with zero attached hydrogens (tertiary/aromatic N) is 3. The van der Waals surface area contributed by atoms with E-state index in [2.05, 4.69) is 43.4 Å². The molecule has 0 saturated carbocycles. The molecular formula is C20H40IN5O2. The summed E-state index contributed by atoms with van der Waals surface area (Å²) >= 11 is 0. The van der Waals surface area contributed by atoms with Crippen molar-refractivity contribution < 1.29 is 9.47 Å². The monoisotopic (exact) mass is 509 g/mol. The maximum absolute atomic E-state index is 5.82. The van der Waals surface area contributed by atoms with Gasteiger partial charge >= 0.3 is 0 Å². The molecule has 28 heavy (non-hydrogen) atoms. The number of rotatable bonds is 12. The Kier molecular flexibility index (Phi) is 14.6. The molecule has 0 aliphatic heterocycles. The zero-order chi connectivity index (χ0) is 20.2. The second-order valence-electron chi connectivity index (χ2n) is 7.01. The lowest BCUT2D eigenvalue weighted by Gasteiger charge is -2.21. The first-order valence-corrected chi connectivity index (χ1v) is 10.1. The van der Waals surface area contributed by atoms with Crippen molar-refractivity contribution in [1.82, 2.24) is 20.4 Å². The van der Waals surface area contributed by atoms with Gasteiger partial charge in [-0.3, -0.25) is 4.68 Å². The number of aliphatic imine (C=N–C) groups is 1. The predicted molar refractivity (Wildman–Crippen MR) is 127 cm³/mol. The summed E-state index contributed by atoms with van der Waals surface area (Å²) in [4.78, 5) is 4.76. The topological polar surface area (TPSA) is 72.7 Å². The number of guanidine groups is 1. The van der Waals surface area contributed by atoms with E-state index < -0.39 is 0 Å². The quantitative estimate of drug-likeness (QED) is 0.257. The van der Waals surface area contributed by atoms with Crippen LogP contribution in [0.15, 0.2) is 4.99 Å². The molecule has 0 spiro atoms. The minimum Gasteiger partial charge on any atom is -0.383 e. The van der Waals surface area contributed by atoms with E-state index in [0.29, 0.717) is 19.1 Å². The third kappa shape index (κ3) is 9.09. The van der Waals surface area contributed by atoms with Gasteiger partial charge in [-0.2, -0.15) is 5.10 Å². The van der Waals surface area contributed by atoms with Gasteiger partial charge in [0.25, 0.3) is 0 Å². The summed E-state index contributed by atoms with van der Waals surface area (Å²) < 4.78 is 13.0. The van der Waals surface area contributed by atoms with Gasteiger partial charge in [0.2, 0.25) is 0 Å². The molecule has 1 rings (SSSR count). The highest BCUT2D eigenvalue weighted by Gasteiger charge is 2.14. The zero-order valence-corrected chi connectivity index (χ0v) is 21.0. The van der Waals surface area contributed by atoms with Crippen molar-refractivity contribution in [3.8, 4) is 0 Å². The number of hydrogen-bond donors (Lipinski definition) is 2. The van der Waals surface area contributed by atoms with Crippen molar-refractivity contribution in [3.05, 3.63) is 17.0 Å². The Morgan fingerprint density at radius 1 is 1.21 bits per heavy atom. The van der Waals surface area contributed by atoms with Gasteiger partial charge in [-0.25, -0.2) is 4.99 Å². The molecule has 0 aromatic carbocycles. The number of ether oxygens (including phenoxy) is 2. The molecular weight excluding hydrogens is 469 g/mol. The average molecular weight is 509 g/mol. The van der Waals surface area contributed by atoms with Gasteiger partial charge < -0.3 is 20.1 Å². The molecule has 1 aromatic rings. The lowest BCUT2D eigenvalue weighted by atomic mass is 10.0. The highest BCUT2D eigenvalue weighted by atomic mass is 127. The molecule has 1 atom stereocenters. The standard InChI is InChI=1S/C20H39N5O2.HI/c1-8-21-20(22-11-10-19(15(3)4)27-9-2)23-14-18-16(5)24-25(17(18)6)12-13-26-7;/h15,19H,8-14H2,1-7H3,(H2,21,22,23);1H. The smallest absolute Gasteiger partial charge is 0.191 e. The lowest BCUT2D eigenvalue weighted by molar-refractivity contribution is 0.0258. The Morgan fingerprint density at radius 2 is 1.93 bits per heavy atom. The highest BCUT2D eigenvalue weighted by Crippen LogP contribution is 2.14. The molecule has 0 saturated heterocycles. The predicted octanol–water partition coefficient (Wildman–Crippen LogP) is 3.27. The zero-order valence-electron chi connectivity index (χ0n) is 18.7. The van der Waals surface area contributed by atoms with Crippen molar-refractivity contribution in [2.24, 2.45) is 10.9 Å². The van der Waals surface area contributed by atoms with Crippen LogP contribution in [0.25, 0.3) is 0 Å². The highest BCUT2D eigenvalue weighted by molar-refractivity contribution is 14.0. The summed E-state index contributed by atoms with van der Waals surface area (Å²) in [5, 5.41) is 11.4. The van der Waals surface area contributed by atoms with Crippen LogP contribution in [0.5, 0.6) is 0 Å². The number of methoxy groups -OCH3 is 1. The maximum Gasteiger partial charge on any atom is 0.191 e. The molecule has 0 bridgehead atoms. The fourth-order valence-electron chi connectivity index (χ4n) is 3.01. The van der Waals surface area contributed by atoms with Crippen LogP contribution in [-0.4, -0.2) is 55.3 Å². The fraction of sp³-hybridized carbons (Fsp3) is 0.800. The minimum absolute atomic E-state index is 0. The van der Waals surface area contributed by atoms with E-state index in [0.717, 1.165) is 50.0 Å². The van der Waals surface area contributed by atoms with E-state index in [1.807, 2.05) is 18.5 Å². The van der Waals surface area contributed by atoms with Gasteiger partial charge in [-0.15, -0.1) is 24.0 Å². The van der Waals surface area contributed by atoms with E-state index in [1.54, 1.807) is 7.11 Å². The van der Waals surface area contributed by atoms with Crippen molar-refractivity contribution in [1.29, 1.82) is 0 Å². The second-order valence-corrected chi connectivity index (χ2v) is 7.01. The summed E-state index contributed by atoms with van der Waals surface area (Å²) in [5.74, 6) is 1.34. The molecule has 0 fully saturated rings. The van der Waals surface area contributed by atoms with Crippen molar-refractivity contribution in [2.45, 2.75) is 67.2 Å². The number of aryl methyl sites for hydroxylation is 1. The van der Waals surface area contributed by atoms with Crippen LogP contribution in [0.3, 0.4) is 0 Å². The molecule has 1 aromatic heterocycles. The number of aromatic nitrogens is 2. The van der Waals surface area contributed by atoms with E-state index in [4.69, 9.17) is 14.5 Å². The average Bonchev–Trinajstić information content (AvgIpc) is 2.90. The summed E-state index contributed by atoms with van der Waals surface area (Å²) in [6, 6.07) is 0. The van der Waals surface area contributed by atoms with Gasteiger partial charge in [-0.1, -0.05) is 13.8 Å². The minimum atomic E-state index is 0. The maximum atomic E-state index is 5.82. The first-order chi connectivity index (χ1) is 12.9. The first-order valence-electron chi connectivity index (χ1n) is 10.1. The van der Waals surface area contributed by atoms with E-state index in [1.165, 1.54) is 5.56 Å². The lowest BCUT2D eigenvalue weighted by Crippen LogP contribution is -2.39. The van der Waals surface area contributed by atoms with Crippen molar-refractivity contribution >= 4 is 29.9 Å². The number of halogens is 1. The number of nitrogens with one attached hydrogen (secondary N) is 2. The normalized spacial score (nSPS) is 12.8. The Balaban J connectivity index is 0.00000729. The molecule has 1 heterocycles. The largest absolute Gasteiger partial charge is 0.383 e. The van der Waals surface area contributed by atoms with Gasteiger partial charge in [0.15, 0.2) is 5.96 Å². The molecule has 164 valence electrons. The summed E-state index contributed by atoms with van der Waals surface area (Å²) in [7, 11) is 1.71. The molecule has 0 amide bonds. The van der Waals surface area contributed by atoms with Gasteiger partial charge in [-0.05, 0) is 40.0 Å². The second kappa shape index (κ2) is 15.0. The Bertz CT molecular complexity index is 575. The Morgan fingerprint density at radius 3 is 2.50 bits per heavy atom. The van der Waals surface area contributed by atoms with Crippen LogP contribution < -0.4 is 10.6 Å². The molecule has 0 aliphatic rings. The summed E-state index contributed by atoms with van der Waals surface area (Å²) in [6.07, 6.45) is 1.23. The van der Waals surface area contributed by atoms with E-state index >= 15 is 0 Å². The Labute approximate surface area is 188 Å². The van der Waals surface area contributed by atoms with Crippen LogP contribution in [0.2, 0.25) is 0 Å². The summed E-state index contributed by atoms with van der Waals surface area (Å²) in [5.41, 5.74) is 3.36. The third-order valence-electron chi connectivity index (χ3n) is 4.62. The first kappa shape index (κ1) is 27.1. The SMILES string of the molecule is CCNC(=NCc1c(C)nn(CCOC)c1C)NCCC(OCC)C(C)C.I. The third-order valence-corrected chi connectivity index (χ3v) is 4.62. The summed E-state index contributed by atoms with van der Waals surface area (Å²) in [6.45, 7) is 17.1. The van der Waals surface area contributed by atoms with Crippen molar-refractivity contribution in [3.63, 3.8) is 0 Å². The van der Waals surface area contributed by atoms with Gasteiger partial charge in [0.1, 0.15) is 0 Å².